The van der Waals surface area contributed by atoms with Gasteiger partial charge in [-0.1, -0.05) is 30.3 Å². The van der Waals surface area contributed by atoms with E-state index in [-0.39, 0.29) is 6.61 Å². The molecule has 1 heterocycles. The lowest BCUT2D eigenvalue weighted by atomic mass is 9.93. The van der Waals surface area contributed by atoms with Crippen LogP contribution in [0.5, 0.6) is 5.88 Å². The predicted octanol–water partition coefficient (Wildman–Crippen LogP) is 2.19. The molecular formula is C15H19N3O2. The number of hydrogen-bond donors (Lipinski definition) is 2. The first kappa shape index (κ1) is 14.3. The van der Waals surface area contributed by atoms with Crippen LogP contribution in [0.1, 0.15) is 19.4 Å². The Morgan fingerprint density at radius 2 is 2.00 bits per heavy atom. The minimum atomic E-state index is -0.612. The van der Waals surface area contributed by atoms with Gasteiger partial charge in [0, 0.05) is 6.07 Å². The summed E-state index contributed by atoms with van der Waals surface area (Å²) in [6.45, 7) is 4.32. The predicted molar refractivity (Wildman–Crippen MR) is 77.7 cm³/mol. The van der Waals surface area contributed by atoms with Crippen molar-refractivity contribution in [3.8, 4) is 5.88 Å². The van der Waals surface area contributed by atoms with Crippen molar-refractivity contribution in [2.24, 2.45) is 0 Å². The normalized spacial score (nSPS) is 13.6. The van der Waals surface area contributed by atoms with Gasteiger partial charge in [0.15, 0.2) is 0 Å². The molecule has 1 aromatic heterocycles. The number of rotatable bonds is 6. The van der Waals surface area contributed by atoms with E-state index in [1.807, 2.05) is 44.2 Å². The topological polar surface area (TPSA) is 67.3 Å². The Hall–Kier alpha value is -2.14. The highest BCUT2D eigenvalue weighted by molar-refractivity contribution is 5.43. The van der Waals surface area contributed by atoms with Crippen LogP contribution in [0.15, 0.2) is 42.7 Å². The van der Waals surface area contributed by atoms with Gasteiger partial charge in [0.25, 0.3) is 0 Å². The number of anilines is 1. The van der Waals surface area contributed by atoms with Crippen LogP contribution in [-0.4, -0.2) is 28.3 Å². The highest BCUT2D eigenvalue weighted by Crippen LogP contribution is 2.25. The zero-order valence-electron chi connectivity index (χ0n) is 11.7. The summed E-state index contributed by atoms with van der Waals surface area (Å²) in [5, 5.41) is 13.0. The summed E-state index contributed by atoms with van der Waals surface area (Å²) >= 11 is 0. The molecule has 0 spiro atoms. The fourth-order valence-corrected chi connectivity index (χ4v) is 1.93. The van der Waals surface area contributed by atoms with Crippen LogP contribution in [0.4, 0.5) is 5.82 Å². The van der Waals surface area contributed by atoms with E-state index >= 15 is 0 Å². The fraction of sp³-hybridized carbons (Fsp3) is 0.333. The maximum absolute atomic E-state index is 9.74. The van der Waals surface area contributed by atoms with Gasteiger partial charge in [0.05, 0.1) is 18.8 Å². The van der Waals surface area contributed by atoms with Crippen LogP contribution in [0.25, 0.3) is 0 Å². The average Bonchev–Trinajstić information content (AvgIpc) is 2.49. The SMILES string of the molecule is CCOc1cc(NC(C)(CO)c2ccccc2)ncn1. The third-order valence-corrected chi connectivity index (χ3v) is 3.07. The maximum atomic E-state index is 9.74. The second-order valence-corrected chi connectivity index (χ2v) is 4.66. The van der Waals surface area contributed by atoms with E-state index < -0.39 is 5.54 Å². The van der Waals surface area contributed by atoms with Crippen molar-refractivity contribution >= 4 is 5.82 Å². The van der Waals surface area contributed by atoms with Crippen molar-refractivity contribution in [1.82, 2.24) is 9.97 Å². The first-order valence-electron chi connectivity index (χ1n) is 6.57. The van der Waals surface area contributed by atoms with Crippen molar-refractivity contribution in [1.29, 1.82) is 0 Å². The first-order chi connectivity index (χ1) is 9.68. The number of aliphatic hydroxyl groups is 1. The first-order valence-corrected chi connectivity index (χ1v) is 6.57. The van der Waals surface area contributed by atoms with Gasteiger partial charge in [-0.3, -0.25) is 0 Å². The van der Waals surface area contributed by atoms with Crippen molar-refractivity contribution in [3.63, 3.8) is 0 Å². The van der Waals surface area contributed by atoms with E-state index in [1.165, 1.54) is 6.33 Å². The Balaban J connectivity index is 2.24. The van der Waals surface area contributed by atoms with Gasteiger partial charge in [0.2, 0.25) is 5.88 Å². The number of benzene rings is 1. The number of nitrogens with one attached hydrogen (secondary N) is 1. The zero-order valence-corrected chi connectivity index (χ0v) is 11.7. The Labute approximate surface area is 118 Å². The minimum Gasteiger partial charge on any atom is -0.478 e. The number of aliphatic hydroxyl groups excluding tert-OH is 1. The lowest BCUT2D eigenvalue weighted by Crippen LogP contribution is -2.36. The van der Waals surface area contributed by atoms with Crippen LogP contribution in [0.3, 0.4) is 0 Å². The Morgan fingerprint density at radius 3 is 2.65 bits per heavy atom. The maximum Gasteiger partial charge on any atom is 0.218 e. The average molecular weight is 273 g/mol. The Bertz CT molecular complexity index is 548. The van der Waals surface area contributed by atoms with E-state index in [4.69, 9.17) is 4.74 Å². The molecule has 0 saturated carbocycles. The van der Waals surface area contributed by atoms with Gasteiger partial charge in [0.1, 0.15) is 12.1 Å². The molecule has 0 amide bonds. The lowest BCUT2D eigenvalue weighted by Gasteiger charge is -2.29. The van der Waals surface area contributed by atoms with Gasteiger partial charge in [-0.05, 0) is 19.4 Å². The number of nitrogens with zero attached hydrogens (tertiary/aromatic N) is 2. The molecule has 0 radical (unpaired) electrons. The van der Waals surface area contributed by atoms with Crippen molar-refractivity contribution in [3.05, 3.63) is 48.3 Å². The van der Waals surface area contributed by atoms with Gasteiger partial charge < -0.3 is 15.2 Å². The summed E-state index contributed by atoms with van der Waals surface area (Å²) in [6, 6.07) is 11.5. The molecule has 2 N–H and O–H groups in total. The molecule has 20 heavy (non-hydrogen) atoms. The van der Waals surface area contributed by atoms with Gasteiger partial charge in [-0.25, -0.2) is 9.97 Å². The van der Waals surface area contributed by atoms with Crippen LogP contribution in [0.2, 0.25) is 0 Å². The van der Waals surface area contributed by atoms with Gasteiger partial charge >= 0.3 is 0 Å². The molecule has 2 rings (SSSR count). The van der Waals surface area contributed by atoms with E-state index in [1.54, 1.807) is 6.07 Å². The van der Waals surface area contributed by atoms with E-state index in [2.05, 4.69) is 15.3 Å². The van der Waals surface area contributed by atoms with Crippen molar-refractivity contribution in [2.45, 2.75) is 19.4 Å². The van der Waals surface area contributed by atoms with Crippen LogP contribution in [-0.2, 0) is 5.54 Å². The third-order valence-electron chi connectivity index (χ3n) is 3.07. The summed E-state index contributed by atoms with van der Waals surface area (Å²) in [4.78, 5) is 8.19. The van der Waals surface area contributed by atoms with Crippen LogP contribution in [0, 0.1) is 0 Å². The Morgan fingerprint density at radius 1 is 1.25 bits per heavy atom. The Kier molecular flexibility index (Phi) is 4.53. The van der Waals surface area contributed by atoms with Crippen molar-refractivity contribution < 1.29 is 9.84 Å². The van der Waals surface area contributed by atoms with E-state index in [0.717, 1.165) is 5.56 Å². The van der Waals surface area contributed by atoms with E-state index in [9.17, 15) is 5.11 Å². The highest BCUT2D eigenvalue weighted by Gasteiger charge is 2.26. The summed E-state index contributed by atoms with van der Waals surface area (Å²) in [7, 11) is 0. The monoisotopic (exact) mass is 273 g/mol. The molecule has 0 saturated heterocycles. The molecule has 5 heteroatoms. The summed E-state index contributed by atoms with van der Waals surface area (Å²) in [5.74, 6) is 1.13. The molecule has 0 aliphatic rings. The number of ether oxygens (including phenoxy) is 1. The quantitative estimate of drug-likeness (QED) is 0.844. The van der Waals surface area contributed by atoms with Gasteiger partial charge in [-0.2, -0.15) is 0 Å². The molecule has 0 aliphatic carbocycles. The third kappa shape index (κ3) is 3.24. The number of aromatic nitrogens is 2. The molecule has 1 unspecified atom stereocenters. The van der Waals surface area contributed by atoms with E-state index in [0.29, 0.717) is 18.3 Å². The summed E-state index contributed by atoms with van der Waals surface area (Å²) in [5.41, 5.74) is 0.373. The second-order valence-electron chi connectivity index (χ2n) is 4.66. The zero-order chi connectivity index (χ0) is 14.4. The van der Waals surface area contributed by atoms with Crippen LogP contribution < -0.4 is 10.1 Å². The van der Waals surface area contributed by atoms with Crippen molar-refractivity contribution in [2.75, 3.05) is 18.5 Å². The molecule has 1 aromatic carbocycles. The molecule has 0 fully saturated rings. The molecule has 2 aromatic rings. The molecule has 5 nitrogen and oxygen atoms in total. The molecule has 1 atom stereocenters. The minimum absolute atomic E-state index is 0.0506. The second kappa shape index (κ2) is 6.34. The largest absolute Gasteiger partial charge is 0.478 e. The molecule has 106 valence electrons. The fourth-order valence-electron chi connectivity index (χ4n) is 1.93. The van der Waals surface area contributed by atoms with Gasteiger partial charge in [-0.15, -0.1) is 0 Å². The highest BCUT2D eigenvalue weighted by atomic mass is 16.5. The number of hydrogen-bond acceptors (Lipinski definition) is 5. The molecule has 0 bridgehead atoms. The smallest absolute Gasteiger partial charge is 0.218 e. The molecule has 0 aliphatic heterocycles. The molecular weight excluding hydrogens is 254 g/mol. The summed E-state index contributed by atoms with van der Waals surface area (Å²) < 4.78 is 5.35. The van der Waals surface area contributed by atoms with Crippen LogP contribution >= 0.6 is 0 Å². The lowest BCUT2D eigenvalue weighted by molar-refractivity contribution is 0.223. The summed E-state index contributed by atoms with van der Waals surface area (Å²) in [6.07, 6.45) is 1.44. The standard InChI is InChI=1S/C15H19N3O2/c1-3-20-14-9-13(16-11-17-14)18-15(2,10-19)12-7-5-4-6-8-12/h4-9,11,19H,3,10H2,1-2H3,(H,16,17,18).